The van der Waals surface area contributed by atoms with Crippen molar-refractivity contribution < 1.29 is 19.1 Å². The first-order valence-corrected chi connectivity index (χ1v) is 8.27. The molecule has 0 radical (unpaired) electrons. The number of nitrogens with one attached hydrogen (secondary N) is 1. The highest BCUT2D eigenvalue weighted by Gasteiger charge is 2.24. The van der Waals surface area contributed by atoms with E-state index in [0.717, 1.165) is 5.56 Å². The average molecular weight is 346 g/mol. The number of hydrogen-bond acceptors (Lipinski definition) is 5. The molecule has 3 N–H and O–H groups in total. The third-order valence-corrected chi connectivity index (χ3v) is 4.15. The molecule has 6 nitrogen and oxygen atoms in total. The second-order valence-corrected chi connectivity index (χ2v) is 6.05. The minimum Gasteiger partial charge on any atom is -0.445 e. The zero-order valence-corrected chi connectivity index (χ0v) is 13.8. The molecule has 2 aromatic rings. The van der Waals surface area contributed by atoms with Crippen molar-refractivity contribution in [3.63, 3.8) is 0 Å². The fraction of sp³-hybridized carbons (Fsp3) is 0.235. The van der Waals surface area contributed by atoms with Crippen LogP contribution in [0.5, 0.6) is 0 Å². The van der Waals surface area contributed by atoms with Crippen LogP contribution in [0.1, 0.15) is 28.1 Å². The number of nitrogens with two attached hydrogens (primary N) is 1. The number of ether oxygens (including phenoxy) is 1. The Hall–Kier alpha value is -2.67. The molecule has 7 heteroatoms. The molecule has 24 heavy (non-hydrogen) atoms. The number of benzene rings is 1. The van der Waals surface area contributed by atoms with Crippen LogP contribution in [-0.4, -0.2) is 23.8 Å². The van der Waals surface area contributed by atoms with E-state index in [0.29, 0.717) is 4.88 Å². The van der Waals surface area contributed by atoms with Crippen LogP contribution in [0, 0.1) is 0 Å². The number of alkyl carbamates (subject to hydrolysis) is 1. The van der Waals surface area contributed by atoms with Crippen LogP contribution in [0.2, 0.25) is 0 Å². The standard InChI is InChI=1S/C17H18N2O4S/c18-15(20)9-8-13(16(21)14-7-4-10-24-14)19-17(22)23-11-12-5-2-1-3-6-12/h1-7,10,13H,8-9,11H2,(H2,18,20)(H,19,22)/t13-/m0/s1. The molecule has 2 rings (SSSR count). The lowest BCUT2D eigenvalue weighted by atomic mass is 10.1. The smallest absolute Gasteiger partial charge is 0.408 e. The van der Waals surface area contributed by atoms with Gasteiger partial charge in [0.05, 0.1) is 10.9 Å². The Morgan fingerprint density at radius 1 is 1.12 bits per heavy atom. The summed E-state index contributed by atoms with van der Waals surface area (Å²) in [5.74, 6) is -0.790. The number of Topliss-reactive ketones (excluding diaryl/α,β-unsaturated/α-hetero) is 1. The van der Waals surface area contributed by atoms with E-state index in [1.807, 2.05) is 30.3 Å². The van der Waals surface area contributed by atoms with Crippen LogP contribution in [0.25, 0.3) is 0 Å². The molecule has 0 aliphatic carbocycles. The lowest BCUT2D eigenvalue weighted by Crippen LogP contribution is -2.41. The van der Waals surface area contributed by atoms with E-state index in [-0.39, 0.29) is 25.2 Å². The van der Waals surface area contributed by atoms with Crippen LogP contribution in [0.15, 0.2) is 47.8 Å². The summed E-state index contributed by atoms with van der Waals surface area (Å²) in [7, 11) is 0. The molecule has 0 bridgehead atoms. The summed E-state index contributed by atoms with van der Waals surface area (Å²) >= 11 is 1.27. The number of hydrogen-bond donors (Lipinski definition) is 2. The molecule has 0 saturated carbocycles. The summed E-state index contributed by atoms with van der Waals surface area (Å²) < 4.78 is 5.12. The number of primary amides is 1. The first-order chi connectivity index (χ1) is 11.6. The van der Waals surface area contributed by atoms with Crippen LogP contribution in [0.4, 0.5) is 4.79 Å². The molecule has 0 saturated heterocycles. The third-order valence-electron chi connectivity index (χ3n) is 3.26. The highest BCUT2D eigenvalue weighted by molar-refractivity contribution is 7.12. The van der Waals surface area contributed by atoms with Crippen LogP contribution < -0.4 is 11.1 Å². The van der Waals surface area contributed by atoms with E-state index in [2.05, 4.69) is 5.32 Å². The van der Waals surface area contributed by atoms with Crippen molar-refractivity contribution in [2.24, 2.45) is 5.73 Å². The maximum atomic E-state index is 12.4. The molecular weight excluding hydrogens is 328 g/mol. The first kappa shape index (κ1) is 17.7. The third kappa shape index (κ3) is 5.51. The van der Waals surface area contributed by atoms with Crippen molar-refractivity contribution in [3.05, 3.63) is 58.3 Å². The Labute approximate surface area is 143 Å². The average Bonchev–Trinajstić information content (AvgIpc) is 3.11. The maximum absolute atomic E-state index is 12.4. The summed E-state index contributed by atoms with van der Waals surface area (Å²) in [6, 6.07) is 11.8. The van der Waals surface area contributed by atoms with Gasteiger partial charge in [-0.25, -0.2) is 4.79 Å². The molecule has 0 spiro atoms. The largest absolute Gasteiger partial charge is 0.445 e. The highest BCUT2D eigenvalue weighted by Crippen LogP contribution is 2.14. The van der Waals surface area contributed by atoms with Crippen molar-refractivity contribution in [1.29, 1.82) is 0 Å². The number of amides is 2. The second-order valence-electron chi connectivity index (χ2n) is 5.11. The minimum atomic E-state index is -0.848. The van der Waals surface area contributed by atoms with Gasteiger partial charge in [0, 0.05) is 6.42 Å². The zero-order chi connectivity index (χ0) is 17.4. The number of carbonyl (C=O) groups is 3. The maximum Gasteiger partial charge on any atom is 0.408 e. The summed E-state index contributed by atoms with van der Waals surface area (Å²) in [4.78, 5) is 35.8. The summed E-state index contributed by atoms with van der Waals surface area (Å²) in [5.41, 5.74) is 5.97. The Kier molecular flexibility index (Phi) is 6.51. The molecule has 0 aliphatic heterocycles. The monoisotopic (exact) mass is 346 g/mol. The molecule has 1 heterocycles. The fourth-order valence-electron chi connectivity index (χ4n) is 2.05. The van der Waals surface area contributed by atoms with Gasteiger partial charge in [-0.1, -0.05) is 36.4 Å². The molecular formula is C17H18N2O4S. The van der Waals surface area contributed by atoms with Gasteiger partial charge < -0.3 is 15.8 Å². The Morgan fingerprint density at radius 3 is 2.50 bits per heavy atom. The highest BCUT2D eigenvalue weighted by atomic mass is 32.1. The summed E-state index contributed by atoms with van der Waals surface area (Å²) in [6.07, 6.45) is -0.578. The fourth-order valence-corrected chi connectivity index (χ4v) is 2.77. The van der Waals surface area contributed by atoms with Gasteiger partial charge in [-0.05, 0) is 23.4 Å². The first-order valence-electron chi connectivity index (χ1n) is 7.39. The van der Waals surface area contributed by atoms with Gasteiger partial charge in [0.1, 0.15) is 6.61 Å². The quantitative estimate of drug-likeness (QED) is 0.717. The van der Waals surface area contributed by atoms with Crippen molar-refractivity contribution in [2.75, 3.05) is 0 Å². The zero-order valence-electron chi connectivity index (χ0n) is 12.9. The molecule has 1 atom stereocenters. The summed E-state index contributed by atoms with van der Waals surface area (Å²) in [5, 5.41) is 4.29. The van der Waals surface area contributed by atoms with Gasteiger partial charge in [0.25, 0.3) is 0 Å². The number of rotatable bonds is 8. The van der Waals surface area contributed by atoms with Crippen molar-refractivity contribution in [3.8, 4) is 0 Å². The van der Waals surface area contributed by atoms with Crippen molar-refractivity contribution in [1.82, 2.24) is 5.32 Å². The molecule has 0 unspecified atom stereocenters. The van der Waals surface area contributed by atoms with E-state index in [1.165, 1.54) is 11.3 Å². The van der Waals surface area contributed by atoms with E-state index in [4.69, 9.17) is 10.5 Å². The molecule has 126 valence electrons. The summed E-state index contributed by atoms with van der Waals surface area (Å²) in [6.45, 7) is 0.0996. The lowest BCUT2D eigenvalue weighted by molar-refractivity contribution is -0.118. The number of ketones is 1. The van der Waals surface area contributed by atoms with Gasteiger partial charge in [-0.2, -0.15) is 0 Å². The minimum absolute atomic E-state index is 0.000741. The topological polar surface area (TPSA) is 98.5 Å². The van der Waals surface area contributed by atoms with Gasteiger partial charge >= 0.3 is 6.09 Å². The predicted octanol–water partition coefficient (Wildman–Crippen LogP) is 2.49. The second kappa shape index (κ2) is 8.83. The van der Waals surface area contributed by atoms with Crippen LogP contribution in [0.3, 0.4) is 0 Å². The van der Waals surface area contributed by atoms with Gasteiger partial charge in [0.2, 0.25) is 5.91 Å². The molecule has 0 fully saturated rings. The van der Waals surface area contributed by atoms with E-state index in [9.17, 15) is 14.4 Å². The molecule has 1 aromatic carbocycles. The Bertz CT molecular complexity index is 686. The van der Waals surface area contributed by atoms with Gasteiger partial charge in [-0.3, -0.25) is 9.59 Å². The number of carbonyl (C=O) groups excluding carboxylic acids is 3. The Balaban J connectivity index is 1.94. The Morgan fingerprint density at radius 2 is 1.88 bits per heavy atom. The predicted molar refractivity (Wildman–Crippen MR) is 90.6 cm³/mol. The van der Waals surface area contributed by atoms with E-state index in [1.54, 1.807) is 17.5 Å². The van der Waals surface area contributed by atoms with E-state index >= 15 is 0 Å². The SMILES string of the molecule is NC(=O)CC[C@H](NC(=O)OCc1ccccc1)C(=O)c1cccs1. The molecule has 2 amide bonds. The van der Waals surface area contributed by atoms with Crippen LogP contribution in [-0.2, 0) is 16.1 Å². The van der Waals surface area contributed by atoms with Gasteiger partial charge in [0.15, 0.2) is 5.78 Å². The van der Waals surface area contributed by atoms with E-state index < -0.39 is 18.0 Å². The van der Waals surface area contributed by atoms with Crippen molar-refractivity contribution in [2.45, 2.75) is 25.5 Å². The molecule has 1 aromatic heterocycles. The molecule has 0 aliphatic rings. The lowest BCUT2D eigenvalue weighted by Gasteiger charge is -2.16. The van der Waals surface area contributed by atoms with Gasteiger partial charge in [-0.15, -0.1) is 11.3 Å². The normalized spacial score (nSPS) is 11.5. The number of thiophene rings is 1. The van der Waals surface area contributed by atoms with Crippen molar-refractivity contribution >= 4 is 29.1 Å². The van der Waals surface area contributed by atoms with Crippen LogP contribution >= 0.6 is 11.3 Å².